The number of thiazole rings is 1. The minimum absolute atomic E-state index is 0.599. The van der Waals surface area contributed by atoms with Crippen molar-refractivity contribution in [3.8, 4) is 0 Å². The molecule has 0 radical (unpaired) electrons. The molecule has 2 heterocycles. The van der Waals surface area contributed by atoms with Crippen LogP contribution in [0.3, 0.4) is 0 Å². The smallest absolute Gasteiger partial charge is 0.185 e. The topological polar surface area (TPSA) is 40.6 Å². The van der Waals surface area contributed by atoms with Gasteiger partial charge in [0.1, 0.15) is 0 Å². The molecule has 1 aromatic heterocycles. The van der Waals surface area contributed by atoms with Gasteiger partial charge < -0.3 is 19.9 Å². The van der Waals surface area contributed by atoms with E-state index in [2.05, 4.69) is 36.1 Å². The molecule has 0 spiro atoms. The fourth-order valence-corrected chi connectivity index (χ4v) is 3.75. The molecule has 0 amide bonds. The van der Waals surface area contributed by atoms with Crippen molar-refractivity contribution < 1.29 is 4.74 Å². The molecule has 6 heteroatoms. The monoisotopic (exact) mass is 312 g/mol. The number of nitrogens with zero attached hydrogens (tertiary/aromatic N) is 3. The van der Waals surface area contributed by atoms with Crippen molar-refractivity contribution in [1.82, 2.24) is 15.2 Å². The average molecular weight is 312 g/mol. The van der Waals surface area contributed by atoms with E-state index in [-0.39, 0.29) is 0 Å². The number of anilines is 1. The van der Waals surface area contributed by atoms with Crippen LogP contribution in [0.2, 0.25) is 0 Å². The molecule has 21 heavy (non-hydrogen) atoms. The summed E-state index contributed by atoms with van der Waals surface area (Å²) in [4.78, 5) is 10.9. The van der Waals surface area contributed by atoms with Crippen molar-refractivity contribution in [2.24, 2.45) is 0 Å². The first-order valence-corrected chi connectivity index (χ1v) is 8.57. The Hall–Kier alpha value is -0.690. The van der Waals surface area contributed by atoms with Crippen LogP contribution in [0.4, 0.5) is 5.13 Å². The third-order valence-corrected chi connectivity index (χ3v) is 5.14. The van der Waals surface area contributed by atoms with E-state index >= 15 is 0 Å². The lowest BCUT2D eigenvalue weighted by Gasteiger charge is -2.35. The Morgan fingerprint density at radius 2 is 2.29 bits per heavy atom. The van der Waals surface area contributed by atoms with E-state index in [1.54, 1.807) is 7.11 Å². The molecule has 0 saturated carbocycles. The lowest BCUT2D eigenvalue weighted by atomic mass is 10.1. The second-order valence-corrected chi connectivity index (χ2v) is 6.85. The van der Waals surface area contributed by atoms with Gasteiger partial charge in [-0.05, 0) is 33.5 Å². The predicted molar refractivity (Wildman–Crippen MR) is 89.1 cm³/mol. The molecule has 0 bridgehead atoms. The normalized spacial score (nSPS) is 19.5. The maximum atomic E-state index is 5.30. The van der Waals surface area contributed by atoms with Gasteiger partial charge >= 0.3 is 0 Å². The predicted octanol–water partition coefficient (Wildman–Crippen LogP) is 1.93. The Balaban J connectivity index is 2.11. The van der Waals surface area contributed by atoms with Crippen LogP contribution in [-0.2, 0) is 17.9 Å². The fraction of sp³-hybridized carbons (Fsp3) is 0.800. The van der Waals surface area contributed by atoms with Gasteiger partial charge in [-0.3, -0.25) is 0 Å². The Bertz CT molecular complexity index is 435. The zero-order valence-electron chi connectivity index (χ0n) is 13.7. The standard InChI is InChI=1S/C15H28N4OS/c1-5-16-9-14-13(11-20-4)17-15(21-14)19-8-6-7-12(10-19)18(2)3/h12,16H,5-11H2,1-4H3. The molecular weight excluding hydrogens is 284 g/mol. The highest BCUT2D eigenvalue weighted by Crippen LogP contribution is 2.29. The van der Waals surface area contributed by atoms with E-state index in [1.165, 1.54) is 17.7 Å². The van der Waals surface area contributed by atoms with E-state index in [4.69, 9.17) is 9.72 Å². The minimum Gasteiger partial charge on any atom is -0.378 e. The first-order chi connectivity index (χ1) is 10.2. The van der Waals surface area contributed by atoms with Gasteiger partial charge in [-0.25, -0.2) is 4.98 Å². The Morgan fingerprint density at radius 1 is 1.48 bits per heavy atom. The van der Waals surface area contributed by atoms with Crippen molar-refractivity contribution >= 4 is 16.5 Å². The number of likely N-dealkylation sites (N-methyl/N-ethyl adjacent to an activating group) is 1. The molecule has 1 fully saturated rings. The zero-order chi connectivity index (χ0) is 15.2. The number of rotatable bonds is 7. The van der Waals surface area contributed by atoms with Gasteiger partial charge in [0.15, 0.2) is 5.13 Å². The molecular formula is C15H28N4OS. The second-order valence-electron chi connectivity index (χ2n) is 5.79. The quantitative estimate of drug-likeness (QED) is 0.833. The van der Waals surface area contributed by atoms with Crippen LogP contribution in [0.1, 0.15) is 30.3 Å². The highest BCUT2D eigenvalue weighted by molar-refractivity contribution is 7.15. The van der Waals surface area contributed by atoms with Gasteiger partial charge in [-0.1, -0.05) is 6.92 Å². The van der Waals surface area contributed by atoms with Crippen LogP contribution in [0.25, 0.3) is 0 Å². The minimum atomic E-state index is 0.599. The Kier molecular flexibility index (Phi) is 6.41. The van der Waals surface area contributed by atoms with Gasteiger partial charge in [-0.2, -0.15) is 0 Å². The summed E-state index contributed by atoms with van der Waals surface area (Å²) in [6, 6.07) is 0.630. The largest absolute Gasteiger partial charge is 0.378 e. The van der Waals surface area contributed by atoms with Crippen molar-refractivity contribution in [1.29, 1.82) is 0 Å². The van der Waals surface area contributed by atoms with Gasteiger partial charge in [-0.15, -0.1) is 11.3 Å². The van der Waals surface area contributed by atoms with Crippen molar-refractivity contribution in [3.05, 3.63) is 10.6 Å². The summed E-state index contributed by atoms with van der Waals surface area (Å²) in [5.74, 6) is 0. The lowest BCUT2D eigenvalue weighted by Crippen LogP contribution is -2.45. The van der Waals surface area contributed by atoms with E-state index in [1.807, 2.05) is 11.3 Å². The van der Waals surface area contributed by atoms with Gasteiger partial charge in [0.2, 0.25) is 0 Å². The van der Waals surface area contributed by atoms with Gasteiger partial charge in [0.25, 0.3) is 0 Å². The van der Waals surface area contributed by atoms with E-state index in [0.717, 1.165) is 37.0 Å². The van der Waals surface area contributed by atoms with E-state index in [0.29, 0.717) is 12.6 Å². The molecule has 5 nitrogen and oxygen atoms in total. The molecule has 1 unspecified atom stereocenters. The summed E-state index contributed by atoms with van der Waals surface area (Å²) >= 11 is 1.81. The third-order valence-electron chi connectivity index (χ3n) is 3.98. The number of methoxy groups -OCH3 is 1. The number of piperidine rings is 1. The maximum Gasteiger partial charge on any atom is 0.185 e. The van der Waals surface area contributed by atoms with Crippen LogP contribution in [-0.4, -0.2) is 56.8 Å². The molecule has 2 rings (SSSR count). The average Bonchev–Trinajstić information content (AvgIpc) is 2.89. The van der Waals surface area contributed by atoms with E-state index < -0.39 is 0 Å². The second kappa shape index (κ2) is 8.08. The van der Waals surface area contributed by atoms with Crippen LogP contribution in [0, 0.1) is 0 Å². The van der Waals surface area contributed by atoms with Crippen LogP contribution in [0.15, 0.2) is 0 Å². The molecule has 1 saturated heterocycles. The SMILES string of the molecule is CCNCc1sc(N2CCCC(N(C)C)C2)nc1COC. The highest BCUT2D eigenvalue weighted by atomic mass is 32.1. The first kappa shape index (κ1) is 16.7. The fourth-order valence-electron chi connectivity index (χ4n) is 2.68. The molecule has 0 aliphatic carbocycles. The summed E-state index contributed by atoms with van der Waals surface area (Å²) in [5.41, 5.74) is 1.09. The van der Waals surface area contributed by atoms with Crippen LogP contribution in [0.5, 0.6) is 0 Å². The van der Waals surface area contributed by atoms with Gasteiger partial charge in [0, 0.05) is 37.7 Å². The lowest BCUT2D eigenvalue weighted by molar-refractivity contribution is 0.181. The molecule has 1 aliphatic rings. The third kappa shape index (κ3) is 4.39. The maximum absolute atomic E-state index is 5.30. The zero-order valence-corrected chi connectivity index (χ0v) is 14.5. The van der Waals surface area contributed by atoms with Crippen LogP contribution < -0.4 is 10.2 Å². The summed E-state index contributed by atoms with van der Waals surface area (Å²) in [6.45, 7) is 6.79. The Labute approximate surface area is 132 Å². The molecule has 0 aromatic carbocycles. The van der Waals surface area contributed by atoms with Gasteiger partial charge in [0.05, 0.1) is 12.3 Å². The number of ether oxygens (including phenoxy) is 1. The Morgan fingerprint density at radius 3 is 2.95 bits per heavy atom. The summed E-state index contributed by atoms with van der Waals surface area (Å²) in [7, 11) is 6.07. The summed E-state index contributed by atoms with van der Waals surface area (Å²) < 4.78 is 5.30. The molecule has 1 aromatic rings. The number of hydrogen-bond donors (Lipinski definition) is 1. The number of hydrogen-bond acceptors (Lipinski definition) is 6. The van der Waals surface area contributed by atoms with Crippen molar-refractivity contribution in [3.63, 3.8) is 0 Å². The first-order valence-electron chi connectivity index (χ1n) is 7.75. The van der Waals surface area contributed by atoms with Crippen molar-refractivity contribution in [2.45, 2.75) is 39.0 Å². The molecule has 1 atom stereocenters. The molecule has 1 N–H and O–H groups in total. The van der Waals surface area contributed by atoms with Crippen molar-refractivity contribution in [2.75, 3.05) is 45.7 Å². The summed E-state index contributed by atoms with van der Waals surface area (Å²) in [6.07, 6.45) is 2.52. The van der Waals surface area contributed by atoms with E-state index in [9.17, 15) is 0 Å². The molecule has 120 valence electrons. The van der Waals surface area contributed by atoms with Crippen LogP contribution >= 0.6 is 11.3 Å². The highest BCUT2D eigenvalue weighted by Gasteiger charge is 2.24. The molecule has 1 aliphatic heterocycles. The summed E-state index contributed by atoms with van der Waals surface area (Å²) in [5, 5.41) is 4.55. The number of nitrogens with one attached hydrogen (secondary N) is 1. The number of aromatic nitrogens is 1.